The van der Waals surface area contributed by atoms with E-state index in [2.05, 4.69) is 76.0 Å². The molecule has 0 radical (unpaired) electrons. The van der Waals surface area contributed by atoms with Crippen molar-refractivity contribution in [3.8, 4) is 6.07 Å². The first-order valence-electron chi connectivity index (χ1n) is 14.5. The molecule has 1 aromatic carbocycles. The predicted molar refractivity (Wildman–Crippen MR) is 174 cm³/mol. The fourth-order valence-electron chi connectivity index (χ4n) is 4.34. The molecule has 4 atom stereocenters. The Balaban J connectivity index is 1.73. The van der Waals surface area contributed by atoms with E-state index in [1.807, 2.05) is 19.2 Å². The zero-order valence-corrected chi connectivity index (χ0v) is 29.6. The van der Waals surface area contributed by atoms with Crippen molar-refractivity contribution >= 4 is 49.9 Å². The molecule has 232 valence electrons. The van der Waals surface area contributed by atoms with Crippen molar-refractivity contribution in [1.82, 2.24) is 9.97 Å². The van der Waals surface area contributed by atoms with Crippen LogP contribution in [0.1, 0.15) is 63.6 Å². The molecule has 0 bridgehead atoms. The first-order chi connectivity index (χ1) is 19.8. The van der Waals surface area contributed by atoms with Crippen molar-refractivity contribution in [3.05, 3.63) is 53.2 Å². The number of nitriles is 1. The van der Waals surface area contributed by atoms with Gasteiger partial charge in [-0.05, 0) is 53.8 Å². The van der Waals surface area contributed by atoms with E-state index in [0.29, 0.717) is 27.2 Å². The lowest BCUT2D eigenvalue weighted by Gasteiger charge is -2.43. The SMILES string of the molecule is CC(C)(C)[Si](C)(C)OC[C@@]1(C#N)O[C@@H](c2csc3c(NC(=O)c4ccccc4)ncnc23)[C@H](F)[C@@H]1O[Si](C)(C)C(C)(C)C. The maximum absolute atomic E-state index is 16.8. The fourth-order valence-corrected chi connectivity index (χ4v) is 7.64. The molecule has 0 saturated carbocycles. The van der Waals surface area contributed by atoms with Crippen molar-refractivity contribution in [1.29, 1.82) is 5.26 Å². The second-order valence-corrected chi connectivity index (χ2v) is 24.7. The van der Waals surface area contributed by atoms with Gasteiger partial charge in [0.05, 0.1) is 16.8 Å². The summed E-state index contributed by atoms with van der Waals surface area (Å²) < 4.78 is 37.0. The van der Waals surface area contributed by atoms with Gasteiger partial charge in [-0.2, -0.15) is 5.26 Å². The zero-order chi connectivity index (χ0) is 32.0. The van der Waals surface area contributed by atoms with Crippen LogP contribution in [-0.4, -0.2) is 57.0 Å². The normalized spacial score (nSPS) is 23.3. The van der Waals surface area contributed by atoms with Crippen molar-refractivity contribution in [3.63, 3.8) is 0 Å². The van der Waals surface area contributed by atoms with E-state index < -0.39 is 40.6 Å². The molecule has 3 aromatic rings. The Bertz CT molecular complexity index is 1510. The summed E-state index contributed by atoms with van der Waals surface area (Å²) in [5.41, 5.74) is -0.236. The molecule has 12 heteroatoms. The van der Waals surface area contributed by atoms with Crippen LogP contribution in [0, 0.1) is 11.3 Å². The molecule has 1 amide bonds. The number of benzene rings is 1. The second kappa shape index (κ2) is 11.8. The van der Waals surface area contributed by atoms with Crippen molar-refractivity contribution < 1.29 is 22.8 Å². The highest BCUT2D eigenvalue weighted by Gasteiger charge is 2.61. The number of hydrogen-bond donors (Lipinski definition) is 1. The topological polar surface area (TPSA) is 106 Å². The number of fused-ring (bicyclic) bond motifs is 1. The quantitative estimate of drug-likeness (QED) is 0.248. The molecule has 4 rings (SSSR count). The molecule has 3 heterocycles. The molecule has 1 N–H and O–H groups in total. The van der Waals surface area contributed by atoms with Gasteiger partial charge in [0.2, 0.25) is 5.60 Å². The van der Waals surface area contributed by atoms with Crippen molar-refractivity contribution in [2.75, 3.05) is 11.9 Å². The minimum Gasteiger partial charge on any atom is -0.413 e. The van der Waals surface area contributed by atoms with E-state index in [9.17, 15) is 10.1 Å². The van der Waals surface area contributed by atoms with Gasteiger partial charge in [0.25, 0.3) is 5.91 Å². The summed E-state index contributed by atoms with van der Waals surface area (Å²) in [6.07, 6.45) is -2.61. The second-order valence-electron chi connectivity index (χ2n) is 14.2. The van der Waals surface area contributed by atoms with E-state index in [-0.39, 0.29) is 22.6 Å². The Kier molecular flexibility index (Phi) is 9.12. The van der Waals surface area contributed by atoms with E-state index in [1.165, 1.54) is 17.7 Å². The van der Waals surface area contributed by atoms with Crippen molar-refractivity contribution in [2.45, 2.75) is 102 Å². The molecular formula is C31H43FN4O4SSi2. The summed E-state index contributed by atoms with van der Waals surface area (Å²) in [5, 5.41) is 14.9. The van der Waals surface area contributed by atoms with Gasteiger partial charge in [-0.25, -0.2) is 14.4 Å². The third-order valence-electron chi connectivity index (χ3n) is 9.20. The summed E-state index contributed by atoms with van der Waals surface area (Å²) in [7, 11) is -4.86. The minimum absolute atomic E-state index is 0.106. The monoisotopic (exact) mass is 642 g/mol. The molecule has 0 spiro atoms. The molecule has 8 nitrogen and oxygen atoms in total. The largest absolute Gasteiger partial charge is 0.413 e. The number of thiophene rings is 1. The maximum atomic E-state index is 16.8. The molecule has 1 aliphatic heterocycles. The fraction of sp³-hybridized carbons (Fsp3) is 0.548. The Hall–Kier alpha value is -2.54. The number of carbonyl (C=O) groups is 1. The number of aromatic nitrogens is 2. The Morgan fingerprint density at radius 1 is 1.09 bits per heavy atom. The summed E-state index contributed by atoms with van der Waals surface area (Å²) in [4.78, 5) is 21.6. The highest BCUT2D eigenvalue weighted by atomic mass is 32.1. The first-order valence-corrected chi connectivity index (χ1v) is 21.2. The Labute approximate surface area is 260 Å². The van der Waals surface area contributed by atoms with Gasteiger partial charge in [-0.1, -0.05) is 59.7 Å². The van der Waals surface area contributed by atoms with Crippen LogP contribution in [0.2, 0.25) is 36.3 Å². The summed E-state index contributed by atoms with van der Waals surface area (Å²) in [5.74, 6) is 0.00975. The summed E-state index contributed by atoms with van der Waals surface area (Å²) >= 11 is 1.29. The number of carbonyl (C=O) groups excluding carboxylic acids is 1. The van der Waals surface area contributed by atoms with E-state index in [4.69, 9.17) is 13.6 Å². The van der Waals surface area contributed by atoms with Crippen LogP contribution in [-0.2, 0) is 13.6 Å². The smallest absolute Gasteiger partial charge is 0.256 e. The van der Waals surface area contributed by atoms with Crippen LogP contribution in [0.3, 0.4) is 0 Å². The predicted octanol–water partition coefficient (Wildman–Crippen LogP) is 8.03. The lowest BCUT2D eigenvalue weighted by Crippen LogP contribution is -2.56. The van der Waals surface area contributed by atoms with E-state index in [0.717, 1.165) is 0 Å². The van der Waals surface area contributed by atoms with Crippen LogP contribution in [0.25, 0.3) is 10.2 Å². The minimum atomic E-state index is -2.54. The third kappa shape index (κ3) is 6.48. The van der Waals surface area contributed by atoms with Gasteiger partial charge in [0.1, 0.15) is 24.6 Å². The highest BCUT2D eigenvalue weighted by molar-refractivity contribution is 7.18. The third-order valence-corrected chi connectivity index (χ3v) is 19.1. The number of alkyl halides is 1. The van der Waals surface area contributed by atoms with E-state index >= 15 is 4.39 Å². The average Bonchev–Trinajstić information content (AvgIpc) is 3.47. The first kappa shape index (κ1) is 33.4. The number of halogens is 1. The molecular weight excluding hydrogens is 600 g/mol. The number of nitrogens with one attached hydrogen (secondary N) is 1. The molecule has 43 heavy (non-hydrogen) atoms. The molecule has 1 aliphatic rings. The number of anilines is 1. The summed E-state index contributed by atoms with van der Waals surface area (Å²) in [6, 6.07) is 11.1. The van der Waals surface area contributed by atoms with Gasteiger partial charge in [0.15, 0.2) is 28.6 Å². The van der Waals surface area contributed by atoms with Crippen molar-refractivity contribution in [2.24, 2.45) is 0 Å². The van der Waals surface area contributed by atoms with Gasteiger partial charge in [-0.3, -0.25) is 4.79 Å². The number of ether oxygens (including phenoxy) is 1. The zero-order valence-electron chi connectivity index (χ0n) is 26.7. The lowest BCUT2D eigenvalue weighted by atomic mass is 9.96. The van der Waals surface area contributed by atoms with Gasteiger partial charge >= 0.3 is 0 Å². The van der Waals surface area contributed by atoms with Crippen LogP contribution in [0.4, 0.5) is 10.2 Å². The number of amides is 1. The highest BCUT2D eigenvalue weighted by Crippen LogP contribution is 2.50. The van der Waals surface area contributed by atoms with Gasteiger partial charge < -0.3 is 18.9 Å². The average molecular weight is 643 g/mol. The molecule has 1 fully saturated rings. The van der Waals surface area contributed by atoms with E-state index in [1.54, 1.807) is 29.6 Å². The Morgan fingerprint density at radius 2 is 1.72 bits per heavy atom. The van der Waals surface area contributed by atoms with Crippen LogP contribution < -0.4 is 5.32 Å². The molecule has 2 aromatic heterocycles. The van der Waals surface area contributed by atoms with Crippen LogP contribution >= 0.6 is 11.3 Å². The number of hydrogen-bond acceptors (Lipinski definition) is 8. The van der Waals surface area contributed by atoms with Gasteiger partial charge in [0, 0.05) is 11.1 Å². The van der Waals surface area contributed by atoms with Gasteiger partial charge in [-0.15, -0.1) is 11.3 Å². The number of nitrogens with zero attached hydrogens (tertiary/aromatic N) is 3. The van der Waals surface area contributed by atoms with Crippen LogP contribution in [0.15, 0.2) is 42.0 Å². The number of rotatable bonds is 8. The van der Waals surface area contributed by atoms with Crippen LogP contribution in [0.5, 0.6) is 0 Å². The maximum Gasteiger partial charge on any atom is 0.256 e. The molecule has 1 saturated heterocycles. The molecule has 0 unspecified atom stereocenters. The molecule has 0 aliphatic carbocycles. The Morgan fingerprint density at radius 3 is 2.30 bits per heavy atom. The standard InChI is InChI=1S/C31H43FN4O4SSi2/c1-29(2,3)42(7,8)38-18-31(17-33)26(40-43(9,10)30(4,5)6)22(32)24(39-31)21-16-41-25-23(21)34-19-35-27(25)36-28(37)20-14-12-11-13-15-20/h11-16,19,22,24,26H,18H2,1-10H3,(H,34,35,36,37)/t22-,24-,26-,31+/m0/s1. The summed E-state index contributed by atoms with van der Waals surface area (Å²) in [6.45, 7) is 20.7. The lowest BCUT2D eigenvalue weighted by molar-refractivity contribution is -0.0668.